The summed E-state index contributed by atoms with van der Waals surface area (Å²) in [6.07, 6.45) is 7.68. The minimum absolute atomic E-state index is 0.171. The first kappa shape index (κ1) is 16.3. The summed E-state index contributed by atoms with van der Waals surface area (Å²) in [6.45, 7) is 1.17. The van der Waals surface area contributed by atoms with Crippen molar-refractivity contribution < 1.29 is 19.0 Å². The molecule has 0 unspecified atom stereocenters. The molecule has 1 saturated carbocycles. The van der Waals surface area contributed by atoms with E-state index in [4.69, 9.17) is 14.2 Å². The molecule has 0 aromatic heterocycles. The van der Waals surface area contributed by atoms with Crippen molar-refractivity contribution in [3.05, 3.63) is 29.8 Å². The van der Waals surface area contributed by atoms with Crippen molar-refractivity contribution in [2.75, 3.05) is 20.3 Å². The van der Waals surface area contributed by atoms with Crippen molar-refractivity contribution in [2.24, 2.45) is 0 Å². The molecule has 0 radical (unpaired) electrons. The minimum Gasteiger partial charge on any atom is -0.490 e. The Hall–Kier alpha value is -1.55. The number of methoxy groups -OCH3 is 1. The molecule has 3 rings (SSSR count). The second-order valence-corrected chi connectivity index (χ2v) is 6.59. The van der Waals surface area contributed by atoms with E-state index in [9.17, 15) is 4.79 Å². The third-order valence-corrected chi connectivity index (χ3v) is 5.16. The van der Waals surface area contributed by atoms with Gasteiger partial charge in [0, 0.05) is 13.2 Å². The van der Waals surface area contributed by atoms with E-state index in [0.717, 1.165) is 24.2 Å². The van der Waals surface area contributed by atoms with Crippen LogP contribution in [0.25, 0.3) is 0 Å². The summed E-state index contributed by atoms with van der Waals surface area (Å²) in [5, 5.41) is 0. The SMILES string of the molecule is COC(=O)C1(c2cccc(OC3CCCCC3)c2)CCOCC1. The molecule has 2 fully saturated rings. The first-order valence-corrected chi connectivity index (χ1v) is 8.68. The van der Waals surface area contributed by atoms with Crippen molar-refractivity contribution >= 4 is 5.97 Å². The number of hydrogen-bond donors (Lipinski definition) is 0. The van der Waals surface area contributed by atoms with E-state index in [2.05, 4.69) is 0 Å². The highest BCUT2D eigenvalue weighted by atomic mass is 16.5. The average Bonchev–Trinajstić information content (AvgIpc) is 2.62. The van der Waals surface area contributed by atoms with Crippen LogP contribution < -0.4 is 4.74 Å². The molecule has 4 heteroatoms. The molecule has 0 bridgehead atoms. The topological polar surface area (TPSA) is 44.8 Å². The van der Waals surface area contributed by atoms with Crippen molar-refractivity contribution in [3.63, 3.8) is 0 Å². The molecule has 4 nitrogen and oxygen atoms in total. The summed E-state index contributed by atoms with van der Waals surface area (Å²) >= 11 is 0. The van der Waals surface area contributed by atoms with E-state index in [-0.39, 0.29) is 5.97 Å². The van der Waals surface area contributed by atoms with Crippen LogP contribution in [-0.4, -0.2) is 32.4 Å². The van der Waals surface area contributed by atoms with Gasteiger partial charge >= 0.3 is 5.97 Å². The van der Waals surface area contributed by atoms with Crippen molar-refractivity contribution in [3.8, 4) is 5.75 Å². The summed E-state index contributed by atoms with van der Waals surface area (Å²) in [6, 6.07) is 8.00. The van der Waals surface area contributed by atoms with Gasteiger partial charge in [0.05, 0.1) is 18.6 Å². The largest absolute Gasteiger partial charge is 0.490 e. The Labute approximate surface area is 138 Å². The van der Waals surface area contributed by atoms with Gasteiger partial charge in [0.2, 0.25) is 0 Å². The number of rotatable bonds is 4. The van der Waals surface area contributed by atoms with Crippen LogP contribution in [0, 0.1) is 0 Å². The quantitative estimate of drug-likeness (QED) is 0.795. The molecule has 1 saturated heterocycles. The highest BCUT2D eigenvalue weighted by Gasteiger charge is 2.43. The first-order chi connectivity index (χ1) is 11.2. The molecule has 23 heavy (non-hydrogen) atoms. The molecule has 1 aromatic rings. The zero-order valence-corrected chi connectivity index (χ0v) is 13.9. The Morgan fingerprint density at radius 2 is 1.91 bits per heavy atom. The lowest BCUT2D eigenvalue weighted by molar-refractivity contribution is -0.151. The molecule has 0 amide bonds. The van der Waals surface area contributed by atoms with Gasteiger partial charge in [0.25, 0.3) is 0 Å². The zero-order chi connectivity index (χ0) is 16.1. The van der Waals surface area contributed by atoms with Crippen LogP contribution in [0.4, 0.5) is 0 Å². The molecule has 2 aliphatic rings. The maximum atomic E-state index is 12.5. The van der Waals surface area contributed by atoms with Gasteiger partial charge in [-0.2, -0.15) is 0 Å². The Morgan fingerprint density at radius 1 is 1.17 bits per heavy atom. The molecule has 1 aromatic carbocycles. The molecule has 0 N–H and O–H groups in total. The Balaban J connectivity index is 1.82. The van der Waals surface area contributed by atoms with Gasteiger partial charge in [-0.3, -0.25) is 4.79 Å². The number of carbonyl (C=O) groups is 1. The highest BCUT2D eigenvalue weighted by molar-refractivity contribution is 5.83. The predicted molar refractivity (Wildman–Crippen MR) is 87.7 cm³/mol. The monoisotopic (exact) mass is 318 g/mol. The third kappa shape index (κ3) is 3.52. The van der Waals surface area contributed by atoms with Crippen molar-refractivity contribution in [1.82, 2.24) is 0 Å². The highest BCUT2D eigenvalue weighted by Crippen LogP contribution is 2.38. The Kier molecular flexibility index (Phi) is 5.21. The van der Waals surface area contributed by atoms with Crippen LogP contribution in [0.2, 0.25) is 0 Å². The van der Waals surface area contributed by atoms with Gasteiger partial charge in [-0.15, -0.1) is 0 Å². The van der Waals surface area contributed by atoms with Gasteiger partial charge < -0.3 is 14.2 Å². The third-order valence-electron chi connectivity index (χ3n) is 5.16. The molecule has 0 atom stereocenters. The predicted octanol–water partition coefficient (Wildman–Crippen LogP) is 3.62. The van der Waals surface area contributed by atoms with E-state index in [1.165, 1.54) is 26.4 Å². The van der Waals surface area contributed by atoms with Gasteiger partial charge in [0.1, 0.15) is 5.75 Å². The van der Waals surface area contributed by atoms with E-state index >= 15 is 0 Å². The lowest BCUT2D eigenvalue weighted by Gasteiger charge is -2.35. The van der Waals surface area contributed by atoms with Crippen LogP contribution in [0.3, 0.4) is 0 Å². The lowest BCUT2D eigenvalue weighted by atomic mass is 9.74. The first-order valence-electron chi connectivity index (χ1n) is 8.68. The van der Waals surface area contributed by atoms with Crippen molar-refractivity contribution in [1.29, 1.82) is 0 Å². The van der Waals surface area contributed by atoms with Crippen LogP contribution in [0.1, 0.15) is 50.5 Å². The molecular formula is C19H26O4. The molecule has 1 aliphatic carbocycles. The summed E-state index contributed by atoms with van der Waals surface area (Å²) in [5.74, 6) is 0.694. The number of ether oxygens (including phenoxy) is 3. The summed E-state index contributed by atoms with van der Waals surface area (Å²) in [5.41, 5.74) is 0.389. The van der Waals surface area contributed by atoms with E-state index in [1.807, 2.05) is 24.3 Å². The second kappa shape index (κ2) is 7.35. The van der Waals surface area contributed by atoms with Crippen molar-refractivity contribution in [2.45, 2.75) is 56.5 Å². The minimum atomic E-state index is -0.598. The fourth-order valence-electron chi connectivity index (χ4n) is 3.77. The van der Waals surface area contributed by atoms with Gasteiger partial charge in [-0.05, 0) is 56.2 Å². The molecule has 126 valence electrons. The smallest absolute Gasteiger partial charge is 0.316 e. The number of benzene rings is 1. The molecule has 1 heterocycles. The maximum Gasteiger partial charge on any atom is 0.316 e. The molecular weight excluding hydrogens is 292 g/mol. The number of hydrogen-bond acceptors (Lipinski definition) is 4. The Bertz CT molecular complexity index is 528. The van der Waals surface area contributed by atoms with Crippen LogP contribution in [-0.2, 0) is 19.7 Å². The fraction of sp³-hybridized carbons (Fsp3) is 0.632. The van der Waals surface area contributed by atoms with Crippen LogP contribution in [0.15, 0.2) is 24.3 Å². The van der Waals surface area contributed by atoms with Gasteiger partial charge in [-0.1, -0.05) is 18.6 Å². The number of carbonyl (C=O) groups excluding carboxylic acids is 1. The molecule has 0 spiro atoms. The van der Waals surface area contributed by atoms with E-state index < -0.39 is 5.41 Å². The van der Waals surface area contributed by atoms with E-state index in [1.54, 1.807) is 0 Å². The summed E-state index contributed by atoms with van der Waals surface area (Å²) in [7, 11) is 1.46. The van der Waals surface area contributed by atoms with Gasteiger partial charge in [0.15, 0.2) is 0 Å². The lowest BCUT2D eigenvalue weighted by Crippen LogP contribution is -2.42. The zero-order valence-electron chi connectivity index (χ0n) is 13.9. The maximum absolute atomic E-state index is 12.5. The average molecular weight is 318 g/mol. The second-order valence-electron chi connectivity index (χ2n) is 6.59. The summed E-state index contributed by atoms with van der Waals surface area (Å²) in [4.78, 5) is 12.5. The molecule has 1 aliphatic heterocycles. The van der Waals surface area contributed by atoms with Gasteiger partial charge in [-0.25, -0.2) is 0 Å². The Morgan fingerprint density at radius 3 is 2.61 bits per heavy atom. The normalized spacial score (nSPS) is 21.6. The standard InChI is InChI=1S/C19H26O4/c1-21-18(20)19(10-12-22-13-11-19)15-6-5-9-17(14-15)23-16-7-3-2-4-8-16/h5-6,9,14,16H,2-4,7-8,10-13H2,1H3. The fourth-order valence-corrected chi connectivity index (χ4v) is 3.77. The summed E-state index contributed by atoms with van der Waals surface area (Å²) < 4.78 is 16.7. The van der Waals surface area contributed by atoms with Crippen LogP contribution >= 0.6 is 0 Å². The number of esters is 1. The van der Waals surface area contributed by atoms with E-state index in [0.29, 0.717) is 32.2 Å². The van der Waals surface area contributed by atoms with Crippen LogP contribution in [0.5, 0.6) is 5.75 Å².